The van der Waals surface area contributed by atoms with Gasteiger partial charge in [0, 0.05) is 12.6 Å². The van der Waals surface area contributed by atoms with Gasteiger partial charge in [0.05, 0.1) is 5.69 Å². The van der Waals surface area contributed by atoms with Gasteiger partial charge in [-0.1, -0.05) is 39.0 Å². The number of hydrogen-bond acceptors (Lipinski definition) is 3. The van der Waals surface area contributed by atoms with E-state index >= 15 is 0 Å². The molecule has 0 amide bonds. The topological polar surface area (TPSA) is 37.8 Å². The number of hydrogen-bond donors (Lipinski definition) is 1. The van der Waals surface area contributed by atoms with Crippen LogP contribution >= 0.6 is 0 Å². The zero-order valence-corrected chi connectivity index (χ0v) is 12.3. The molecule has 2 rings (SSSR count). The maximum atomic E-state index is 4.26. The molecule has 1 aromatic carbocycles. The van der Waals surface area contributed by atoms with Gasteiger partial charge in [-0.05, 0) is 35.6 Å². The molecule has 1 heterocycles. The highest BCUT2D eigenvalue weighted by atomic mass is 15.2. The summed E-state index contributed by atoms with van der Waals surface area (Å²) in [6.45, 7) is 8.80. The van der Waals surface area contributed by atoms with Gasteiger partial charge in [0.1, 0.15) is 5.82 Å². The Labute approximate surface area is 115 Å². The van der Waals surface area contributed by atoms with E-state index in [1.165, 1.54) is 11.1 Å². The highest BCUT2D eigenvalue weighted by molar-refractivity contribution is 5.64. The lowest BCUT2D eigenvalue weighted by Crippen LogP contribution is -2.11. The molecule has 0 bridgehead atoms. The predicted molar refractivity (Wildman–Crippen MR) is 80.5 cm³/mol. The van der Waals surface area contributed by atoms with Crippen LogP contribution in [-0.4, -0.2) is 17.2 Å². The molecule has 0 radical (unpaired) electrons. The predicted octanol–water partition coefficient (Wildman–Crippen LogP) is 3.79. The maximum Gasteiger partial charge on any atom is 0.148 e. The van der Waals surface area contributed by atoms with Crippen LogP contribution in [0.3, 0.4) is 0 Å². The number of anilines is 1. The lowest BCUT2D eigenvalue weighted by Gasteiger charge is -2.20. The second-order valence-electron chi connectivity index (χ2n) is 5.83. The third-order valence-corrected chi connectivity index (χ3v) is 3.29. The fraction of sp³-hybridized carbons (Fsp3) is 0.375. The standard InChI is InChI=1S/C16H21N3/c1-11-10-12(16(2,3)4)6-7-13(11)14-8-9-15(17-5)19-18-14/h6-10H,1-5H3,(H,17,19). The molecule has 0 saturated carbocycles. The van der Waals surface area contributed by atoms with E-state index in [1.54, 1.807) is 0 Å². The second kappa shape index (κ2) is 5.00. The van der Waals surface area contributed by atoms with Crippen molar-refractivity contribution in [2.75, 3.05) is 12.4 Å². The van der Waals surface area contributed by atoms with Crippen molar-refractivity contribution in [2.24, 2.45) is 0 Å². The molecule has 0 saturated heterocycles. The smallest absolute Gasteiger partial charge is 0.148 e. The molecule has 19 heavy (non-hydrogen) atoms. The molecule has 0 spiro atoms. The largest absolute Gasteiger partial charge is 0.372 e. The van der Waals surface area contributed by atoms with Crippen LogP contribution in [0, 0.1) is 6.92 Å². The Hall–Kier alpha value is -1.90. The summed E-state index contributed by atoms with van der Waals surface area (Å²) < 4.78 is 0. The van der Waals surface area contributed by atoms with Crippen LogP contribution in [0.5, 0.6) is 0 Å². The van der Waals surface area contributed by atoms with Gasteiger partial charge in [-0.2, -0.15) is 0 Å². The summed E-state index contributed by atoms with van der Waals surface area (Å²) in [5, 5.41) is 11.4. The number of aromatic nitrogens is 2. The zero-order chi connectivity index (χ0) is 14.0. The number of rotatable bonds is 2. The second-order valence-corrected chi connectivity index (χ2v) is 5.83. The molecule has 0 fully saturated rings. The SMILES string of the molecule is CNc1ccc(-c2ccc(C(C)(C)C)cc2C)nn1. The summed E-state index contributed by atoms with van der Waals surface area (Å²) >= 11 is 0. The monoisotopic (exact) mass is 255 g/mol. The van der Waals surface area contributed by atoms with Gasteiger partial charge in [0.2, 0.25) is 0 Å². The first-order chi connectivity index (χ1) is 8.91. The quantitative estimate of drug-likeness (QED) is 0.887. The Kier molecular flexibility index (Phi) is 3.56. The van der Waals surface area contributed by atoms with Crippen molar-refractivity contribution in [1.82, 2.24) is 10.2 Å². The first-order valence-electron chi connectivity index (χ1n) is 6.55. The summed E-state index contributed by atoms with van der Waals surface area (Å²) in [5.41, 5.74) is 4.80. The Morgan fingerprint density at radius 1 is 1.00 bits per heavy atom. The van der Waals surface area contributed by atoms with Gasteiger partial charge in [0.15, 0.2) is 0 Å². The van der Waals surface area contributed by atoms with Crippen molar-refractivity contribution >= 4 is 5.82 Å². The molecule has 100 valence electrons. The van der Waals surface area contributed by atoms with Crippen LogP contribution in [0.15, 0.2) is 30.3 Å². The van der Waals surface area contributed by atoms with E-state index in [1.807, 2.05) is 19.2 Å². The first kappa shape index (κ1) is 13.5. The fourth-order valence-electron chi connectivity index (χ4n) is 2.03. The van der Waals surface area contributed by atoms with Crippen molar-refractivity contribution in [3.63, 3.8) is 0 Å². The molecule has 1 N–H and O–H groups in total. The van der Waals surface area contributed by atoms with Crippen LogP contribution in [0.2, 0.25) is 0 Å². The van der Waals surface area contributed by atoms with E-state index < -0.39 is 0 Å². The van der Waals surface area contributed by atoms with Gasteiger partial charge in [0.25, 0.3) is 0 Å². The average Bonchev–Trinajstić information content (AvgIpc) is 2.38. The fourth-order valence-corrected chi connectivity index (χ4v) is 2.03. The van der Waals surface area contributed by atoms with Crippen LogP contribution in [0.4, 0.5) is 5.82 Å². The summed E-state index contributed by atoms with van der Waals surface area (Å²) in [6, 6.07) is 10.5. The van der Waals surface area contributed by atoms with E-state index in [0.29, 0.717) is 0 Å². The van der Waals surface area contributed by atoms with Gasteiger partial charge in [-0.25, -0.2) is 0 Å². The Bertz CT molecular complexity index is 566. The molecule has 0 atom stereocenters. The summed E-state index contributed by atoms with van der Waals surface area (Å²) in [7, 11) is 1.84. The third-order valence-electron chi connectivity index (χ3n) is 3.29. The Morgan fingerprint density at radius 2 is 1.74 bits per heavy atom. The minimum atomic E-state index is 0.172. The van der Waals surface area contributed by atoms with Crippen molar-refractivity contribution in [1.29, 1.82) is 0 Å². The maximum absolute atomic E-state index is 4.26. The van der Waals surface area contributed by atoms with Crippen molar-refractivity contribution in [3.8, 4) is 11.3 Å². The zero-order valence-electron chi connectivity index (χ0n) is 12.3. The number of nitrogens with one attached hydrogen (secondary N) is 1. The first-order valence-corrected chi connectivity index (χ1v) is 6.55. The van der Waals surface area contributed by atoms with E-state index in [2.05, 4.69) is 61.4 Å². The Morgan fingerprint density at radius 3 is 2.21 bits per heavy atom. The number of benzene rings is 1. The molecule has 1 aromatic heterocycles. The molecule has 2 aromatic rings. The van der Waals surface area contributed by atoms with Crippen LogP contribution in [-0.2, 0) is 5.41 Å². The minimum absolute atomic E-state index is 0.172. The van der Waals surface area contributed by atoms with Crippen LogP contribution in [0.25, 0.3) is 11.3 Å². The highest BCUT2D eigenvalue weighted by Crippen LogP contribution is 2.28. The van der Waals surface area contributed by atoms with Crippen molar-refractivity contribution in [2.45, 2.75) is 33.1 Å². The minimum Gasteiger partial charge on any atom is -0.372 e. The molecule has 3 heteroatoms. The number of aryl methyl sites for hydroxylation is 1. The van der Waals surface area contributed by atoms with Crippen molar-refractivity contribution < 1.29 is 0 Å². The van der Waals surface area contributed by atoms with E-state index in [4.69, 9.17) is 0 Å². The van der Waals surface area contributed by atoms with Gasteiger partial charge < -0.3 is 5.32 Å². The third kappa shape index (κ3) is 2.92. The van der Waals surface area contributed by atoms with E-state index in [-0.39, 0.29) is 5.41 Å². The Balaban J connectivity index is 2.40. The molecule has 0 aliphatic carbocycles. The van der Waals surface area contributed by atoms with Gasteiger partial charge >= 0.3 is 0 Å². The lowest BCUT2D eigenvalue weighted by atomic mass is 9.85. The molecular formula is C16H21N3. The summed E-state index contributed by atoms with van der Waals surface area (Å²) in [4.78, 5) is 0. The number of nitrogens with zero attached hydrogens (tertiary/aromatic N) is 2. The van der Waals surface area contributed by atoms with Crippen LogP contribution < -0.4 is 5.32 Å². The molecule has 0 unspecified atom stereocenters. The van der Waals surface area contributed by atoms with E-state index in [9.17, 15) is 0 Å². The van der Waals surface area contributed by atoms with Gasteiger partial charge in [-0.3, -0.25) is 0 Å². The molecular weight excluding hydrogens is 234 g/mol. The van der Waals surface area contributed by atoms with Crippen molar-refractivity contribution in [3.05, 3.63) is 41.5 Å². The highest BCUT2D eigenvalue weighted by Gasteiger charge is 2.15. The average molecular weight is 255 g/mol. The molecule has 3 nitrogen and oxygen atoms in total. The lowest BCUT2D eigenvalue weighted by molar-refractivity contribution is 0.590. The summed E-state index contributed by atoms with van der Waals surface area (Å²) in [5.74, 6) is 0.785. The normalized spacial score (nSPS) is 11.4. The molecule has 0 aliphatic heterocycles. The summed E-state index contributed by atoms with van der Waals surface area (Å²) in [6.07, 6.45) is 0. The van der Waals surface area contributed by atoms with Crippen LogP contribution in [0.1, 0.15) is 31.9 Å². The van der Waals surface area contributed by atoms with Gasteiger partial charge in [-0.15, -0.1) is 10.2 Å². The van der Waals surface area contributed by atoms with E-state index in [0.717, 1.165) is 17.1 Å². The molecule has 0 aliphatic rings.